The van der Waals surface area contributed by atoms with Gasteiger partial charge in [0.05, 0.1) is 19.8 Å². The van der Waals surface area contributed by atoms with Crippen molar-refractivity contribution in [1.29, 1.82) is 0 Å². The Morgan fingerprint density at radius 1 is 0.848 bits per heavy atom. The molecule has 8 heteroatoms. The summed E-state index contributed by atoms with van der Waals surface area (Å²) in [4.78, 5) is 33.2. The third-order valence-electron chi connectivity index (χ3n) is 4.34. The maximum atomic E-state index is 11.1. The van der Waals surface area contributed by atoms with E-state index in [0.717, 1.165) is 41.1 Å². The second-order valence-electron chi connectivity index (χ2n) is 6.87. The van der Waals surface area contributed by atoms with Crippen LogP contribution in [0.1, 0.15) is 31.2 Å². The number of ether oxygens (including phenoxy) is 4. The number of hydrogen-bond acceptors (Lipinski definition) is 8. The van der Waals surface area contributed by atoms with E-state index in [1.54, 1.807) is 11.8 Å². The lowest BCUT2D eigenvalue weighted by atomic mass is 10.2. The number of benzene rings is 2. The lowest BCUT2D eigenvalue weighted by Gasteiger charge is -2.08. The number of carbonyl (C=O) groups excluding carboxylic acids is 3. The molecule has 0 atom stereocenters. The lowest BCUT2D eigenvalue weighted by molar-refractivity contribution is -0.151. The molecule has 7 nitrogen and oxygen atoms in total. The number of hydrogen-bond donors (Lipinski definition) is 0. The van der Waals surface area contributed by atoms with Crippen molar-refractivity contribution in [3.63, 3.8) is 0 Å². The second kappa shape index (κ2) is 15.5. The largest absolute Gasteiger partial charge is 0.494 e. The molecule has 0 saturated carbocycles. The van der Waals surface area contributed by atoms with Gasteiger partial charge in [0.15, 0.2) is 0 Å². The molecule has 2 rings (SSSR count). The zero-order valence-corrected chi connectivity index (χ0v) is 19.2. The summed E-state index contributed by atoms with van der Waals surface area (Å²) in [6, 6.07) is 15.8. The highest BCUT2D eigenvalue weighted by Gasteiger charge is 2.03. The minimum atomic E-state index is -0.552. The number of esters is 2. The third-order valence-corrected chi connectivity index (χ3v) is 5.43. The summed E-state index contributed by atoms with van der Waals surface area (Å²) in [6.07, 6.45) is 3.32. The Kier molecular flexibility index (Phi) is 12.2. The van der Waals surface area contributed by atoms with Gasteiger partial charge in [0, 0.05) is 23.1 Å². The van der Waals surface area contributed by atoms with Crippen LogP contribution in [0.25, 0.3) is 0 Å². The first kappa shape index (κ1) is 26.0. The molecule has 0 saturated heterocycles. The molecule has 0 bridgehead atoms. The summed E-state index contributed by atoms with van der Waals surface area (Å²) in [5, 5.41) is 0. The normalized spacial score (nSPS) is 10.2. The molecule has 176 valence electrons. The average Bonchev–Trinajstić information content (AvgIpc) is 2.84. The van der Waals surface area contributed by atoms with Crippen molar-refractivity contribution in [2.45, 2.75) is 36.3 Å². The maximum absolute atomic E-state index is 11.1. The van der Waals surface area contributed by atoms with E-state index in [0.29, 0.717) is 26.2 Å². The van der Waals surface area contributed by atoms with Crippen LogP contribution in [0.3, 0.4) is 0 Å². The summed E-state index contributed by atoms with van der Waals surface area (Å²) in [5.41, 5.74) is 1.19. The Bertz CT molecular complexity index is 879. The van der Waals surface area contributed by atoms with Crippen molar-refractivity contribution >= 4 is 30.2 Å². The monoisotopic (exact) mass is 472 g/mol. The van der Waals surface area contributed by atoms with Gasteiger partial charge in [-0.3, -0.25) is 9.59 Å². The minimum absolute atomic E-state index is 0.137. The van der Waals surface area contributed by atoms with Crippen molar-refractivity contribution < 1.29 is 33.3 Å². The van der Waals surface area contributed by atoms with Crippen LogP contribution in [0, 0.1) is 0 Å². The molecule has 0 radical (unpaired) electrons. The van der Waals surface area contributed by atoms with Gasteiger partial charge in [0.2, 0.25) is 0 Å². The number of unbranched alkanes of at least 4 members (excludes halogenated alkanes) is 1. The van der Waals surface area contributed by atoms with E-state index in [-0.39, 0.29) is 12.9 Å². The molecule has 0 aliphatic heterocycles. The van der Waals surface area contributed by atoms with E-state index in [4.69, 9.17) is 14.2 Å². The van der Waals surface area contributed by atoms with Crippen molar-refractivity contribution in [2.24, 2.45) is 0 Å². The maximum Gasteiger partial charge on any atom is 0.330 e. The zero-order chi connectivity index (χ0) is 23.7. The first-order chi connectivity index (χ1) is 16.1. The lowest BCUT2D eigenvalue weighted by Crippen LogP contribution is -2.05. The van der Waals surface area contributed by atoms with Crippen molar-refractivity contribution in [3.8, 4) is 11.5 Å². The molecule has 33 heavy (non-hydrogen) atoms. The molecule has 2 aromatic carbocycles. The van der Waals surface area contributed by atoms with Gasteiger partial charge in [-0.25, -0.2) is 4.79 Å². The van der Waals surface area contributed by atoms with Gasteiger partial charge in [-0.05, 0) is 61.2 Å². The van der Waals surface area contributed by atoms with Gasteiger partial charge < -0.3 is 18.9 Å². The topological polar surface area (TPSA) is 88.1 Å². The quantitative estimate of drug-likeness (QED) is 0.0866. The molecular weight excluding hydrogens is 444 g/mol. The SMILES string of the molecule is C=CC(=O)OCCCCOc1ccc(CSc2ccc(OCCCC(=O)OC=O)cc2)cc1. The predicted octanol–water partition coefficient (Wildman–Crippen LogP) is 4.73. The van der Waals surface area contributed by atoms with E-state index in [9.17, 15) is 14.4 Å². The number of rotatable bonds is 16. The standard InChI is InChI=1S/C25H28O7S/c1-2-24(27)31-16-4-3-15-29-21-9-7-20(8-10-21)18-33-23-13-11-22(12-14-23)30-17-5-6-25(28)32-19-26/h2,7-14,19H,1,3-6,15-18H2. The Morgan fingerprint density at radius 2 is 1.45 bits per heavy atom. The fraction of sp³-hybridized carbons (Fsp3) is 0.320. The summed E-state index contributed by atoms with van der Waals surface area (Å²) in [7, 11) is 0. The summed E-state index contributed by atoms with van der Waals surface area (Å²) >= 11 is 1.72. The molecule has 0 heterocycles. The van der Waals surface area contributed by atoms with E-state index >= 15 is 0 Å². The molecule has 0 fully saturated rings. The Labute approximate surface area is 198 Å². The Hall–Kier alpha value is -3.26. The molecule has 0 amide bonds. The molecule has 2 aromatic rings. The molecule has 0 N–H and O–H groups in total. The highest BCUT2D eigenvalue weighted by Crippen LogP contribution is 2.26. The van der Waals surface area contributed by atoms with Crippen LogP contribution in [-0.4, -0.2) is 38.2 Å². The van der Waals surface area contributed by atoms with Crippen LogP contribution < -0.4 is 9.47 Å². The fourth-order valence-electron chi connectivity index (χ4n) is 2.63. The predicted molar refractivity (Wildman–Crippen MR) is 125 cm³/mol. The van der Waals surface area contributed by atoms with E-state index in [2.05, 4.69) is 11.3 Å². The van der Waals surface area contributed by atoms with Crippen LogP contribution in [0.15, 0.2) is 66.1 Å². The third kappa shape index (κ3) is 11.2. The van der Waals surface area contributed by atoms with E-state index in [1.807, 2.05) is 48.5 Å². The van der Waals surface area contributed by atoms with Crippen LogP contribution >= 0.6 is 11.8 Å². The first-order valence-electron chi connectivity index (χ1n) is 10.6. The van der Waals surface area contributed by atoms with Gasteiger partial charge >= 0.3 is 18.4 Å². The van der Waals surface area contributed by atoms with Gasteiger partial charge in [-0.2, -0.15) is 0 Å². The van der Waals surface area contributed by atoms with Gasteiger partial charge in [0.1, 0.15) is 11.5 Å². The minimum Gasteiger partial charge on any atom is -0.494 e. The number of carbonyl (C=O) groups is 3. The molecule has 0 aliphatic carbocycles. The van der Waals surface area contributed by atoms with E-state index in [1.165, 1.54) is 5.56 Å². The molecule has 0 unspecified atom stereocenters. The Morgan fingerprint density at radius 3 is 2.09 bits per heavy atom. The fourth-order valence-corrected chi connectivity index (χ4v) is 3.48. The van der Waals surface area contributed by atoms with Crippen LogP contribution in [0.4, 0.5) is 0 Å². The molecular formula is C25H28O7S. The van der Waals surface area contributed by atoms with E-state index < -0.39 is 11.9 Å². The second-order valence-corrected chi connectivity index (χ2v) is 7.92. The molecule has 0 spiro atoms. The van der Waals surface area contributed by atoms with Gasteiger partial charge in [0.25, 0.3) is 0 Å². The van der Waals surface area contributed by atoms with Crippen molar-refractivity contribution in [2.75, 3.05) is 19.8 Å². The molecule has 0 aromatic heterocycles. The van der Waals surface area contributed by atoms with Crippen molar-refractivity contribution in [3.05, 3.63) is 66.7 Å². The Balaban J connectivity index is 1.62. The van der Waals surface area contributed by atoms with Gasteiger partial charge in [-0.1, -0.05) is 18.7 Å². The van der Waals surface area contributed by atoms with Gasteiger partial charge in [-0.15, -0.1) is 11.8 Å². The zero-order valence-electron chi connectivity index (χ0n) is 18.4. The summed E-state index contributed by atoms with van der Waals surface area (Å²) in [6.45, 7) is 4.80. The smallest absolute Gasteiger partial charge is 0.330 e. The molecule has 0 aliphatic rings. The van der Waals surface area contributed by atoms with Crippen LogP contribution in [0.2, 0.25) is 0 Å². The van der Waals surface area contributed by atoms with Crippen LogP contribution in [-0.2, 0) is 29.6 Å². The highest BCUT2D eigenvalue weighted by molar-refractivity contribution is 7.98. The summed E-state index contributed by atoms with van der Waals surface area (Å²) < 4.78 is 20.4. The van der Waals surface area contributed by atoms with Crippen LogP contribution in [0.5, 0.6) is 11.5 Å². The first-order valence-corrected chi connectivity index (χ1v) is 11.6. The average molecular weight is 473 g/mol. The summed E-state index contributed by atoms with van der Waals surface area (Å²) in [5.74, 6) is 1.41. The number of thioether (sulfide) groups is 1. The van der Waals surface area contributed by atoms with Crippen molar-refractivity contribution in [1.82, 2.24) is 0 Å². The highest BCUT2D eigenvalue weighted by atomic mass is 32.2.